The van der Waals surface area contributed by atoms with Crippen LogP contribution in [-0.4, -0.2) is 17.0 Å². The predicted molar refractivity (Wildman–Crippen MR) is 82.5 cm³/mol. The van der Waals surface area contributed by atoms with Gasteiger partial charge in [-0.1, -0.05) is 38.7 Å². The van der Waals surface area contributed by atoms with Crippen molar-refractivity contribution in [1.82, 2.24) is 0 Å². The molecule has 0 aromatic heterocycles. The maximum Gasteiger partial charge on any atom is 0.335 e. The number of aryl methyl sites for hydroxylation is 1. The Labute approximate surface area is 125 Å². The Morgan fingerprint density at radius 3 is 2.62 bits per heavy atom. The molecule has 1 atom stereocenters. The number of benzene rings is 1. The highest BCUT2D eigenvalue weighted by Gasteiger charge is 2.22. The van der Waals surface area contributed by atoms with Crippen LogP contribution < -0.4 is 5.32 Å². The van der Waals surface area contributed by atoms with Crippen LogP contribution in [-0.2, 0) is 4.79 Å². The normalized spacial score (nSPS) is 16.7. The Kier molecular flexibility index (Phi) is 4.99. The van der Waals surface area contributed by atoms with E-state index in [4.69, 9.17) is 5.11 Å². The number of anilines is 1. The molecule has 1 unspecified atom stereocenters. The van der Waals surface area contributed by atoms with E-state index in [2.05, 4.69) is 5.32 Å². The Bertz CT molecular complexity index is 533. The Morgan fingerprint density at radius 2 is 2.00 bits per heavy atom. The third kappa shape index (κ3) is 4.06. The van der Waals surface area contributed by atoms with Crippen molar-refractivity contribution in [3.8, 4) is 0 Å². The summed E-state index contributed by atoms with van der Waals surface area (Å²) in [7, 11) is 0. The number of carboxylic acid groups (broad SMARTS) is 1. The molecule has 114 valence electrons. The number of carbonyl (C=O) groups is 2. The van der Waals surface area contributed by atoms with E-state index in [1.165, 1.54) is 31.7 Å². The SMILES string of the molecule is Cc1ccc(C(=O)O)cc1NC(=O)C(C)CC1CCCC1. The second-order valence-corrected chi connectivity index (χ2v) is 6.11. The molecule has 21 heavy (non-hydrogen) atoms. The van der Waals surface area contributed by atoms with Crippen molar-refractivity contribution in [2.75, 3.05) is 5.32 Å². The molecule has 4 nitrogen and oxygen atoms in total. The lowest BCUT2D eigenvalue weighted by molar-refractivity contribution is -0.119. The second-order valence-electron chi connectivity index (χ2n) is 6.11. The lowest BCUT2D eigenvalue weighted by Crippen LogP contribution is -2.22. The molecule has 0 saturated heterocycles. The van der Waals surface area contributed by atoms with Crippen LogP contribution in [0, 0.1) is 18.8 Å². The van der Waals surface area contributed by atoms with Crippen LogP contribution in [0.25, 0.3) is 0 Å². The molecule has 0 bridgehead atoms. The molecule has 2 rings (SSSR count). The first-order valence-electron chi connectivity index (χ1n) is 7.62. The van der Waals surface area contributed by atoms with Gasteiger partial charge in [-0.15, -0.1) is 0 Å². The van der Waals surface area contributed by atoms with E-state index in [0.717, 1.165) is 12.0 Å². The minimum Gasteiger partial charge on any atom is -0.478 e. The van der Waals surface area contributed by atoms with Crippen LogP contribution in [0.5, 0.6) is 0 Å². The van der Waals surface area contributed by atoms with Crippen molar-refractivity contribution < 1.29 is 14.7 Å². The van der Waals surface area contributed by atoms with Gasteiger partial charge in [0.1, 0.15) is 0 Å². The maximum atomic E-state index is 12.3. The molecular formula is C17H23NO3. The van der Waals surface area contributed by atoms with Crippen LogP contribution in [0.15, 0.2) is 18.2 Å². The van der Waals surface area contributed by atoms with Gasteiger partial charge < -0.3 is 10.4 Å². The van der Waals surface area contributed by atoms with Gasteiger partial charge in [-0.2, -0.15) is 0 Å². The van der Waals surface area contributed by atoms with E-state index in [9.17, 15) is 9.59 Å². The molecule has 1 aliphatic carbocycles. The van der Waals surface area contributed by atoms with Gasteiger partial charge in [0.05, 0.1) is 5.56 Å². The number of nitrogens with one attached hydrogen (secondary N) is 1. The largest absolute Gasteiger partial charge is 0.478 e. The molecule has 0 spiro atoms. The van der Waals surface area contributed by atoms with Gasteiger partial charge in [-0.05, 0) is 37.0 Å². The zero-order valence-corrected chi connectivity index (χ0v) is 12.7. The van der Waals surface area contributed by atoms with E-state index in [0.29, 0.717) is 11.6 Å². The highest BCUT2D eigenvalue weighted by Crippen LogP contribution is 2.30. The lowest BCUT2D eigenvalue weighted by Gasteiger charge is -2.17. The van der Waals surface area contributed by atoms with Gasteiger partial charge in [-0.25, -0.2) is 4.79 Å². The molecule has 0 aliphatic heterocycles. The summed E-state index contributed by atoms with van der Waals surface area (Å²) >= 11 is 0. The number of carbonyl (C=O) groups excluding carboxylic acids is 1. The van der Waals surface area contributed by atoms with Crippen molar-refractivity contribution in [3.05, 3.63) is 29.3 Å². The summed E-state index contributed by atoms with van der Waals surface area (Å²) < 4.78 is 0. The number of hydrogen-bond donors (Lipinski definition) is 2. The summed E-state index contributed by atoms with van der Waals surface area (Å²) in [6, 6.07) is 4.80. The first-order valence-corrected chi connectivity index (χ1v) is 7.62. The molecule has 1 aromatic carbocycles. The van der Waals surface area contributed by atoms with Crippen LogP contribution in [0.4, 0.5) is 5.69 Å². The van der Waals surface area contributed by atoms with E-state index in [-0.39, 0.29) is 17.4 Å². The highest BCUT2D eigenvalue weighted by atomic mass is 16.4. The maximum absolute atomic E-state index is 12.3. The van der Waals surface area contributed by atoms with Crippen LogP contribution in [0.1, 0.15) is 54.9 Å². The molecule has 1 aromatic rings. The molecule has 0 heterocycles. The molecular weight excluding hydrogens is 266 g/mol. The van der Waals surface area contributed by atoms with Gasteiger partial charge >= 0.3 is 5.97 Å². The summed E-state index contributed by atoms with van der Waals surface area (Å²) in [6.45, 7) is 3.81. The lowest BCUT2D eigenvalue weighted by atomic mass is 9.94. The van der Waals surface area contributed by atoms with Gasteiger partial charge in [0.25, 0.3) is 0 Å². The van der Waals surface area contributed by atoms with Crippen LogP contribution in [0.2, 0.25) is 0 Å². The van der Waals surface area contributed by atoms with Crippen molar-refractivity contribution >= 4 is 17.6 Å². The number of rotatable bonds is 5. The fourth-order valence-electron chi connectivity index (χ4n) is 3.00. The van der Waals surface area contributed by atoms with Gasteiger partial charge in [-0.3, -0.25) is 4.79 Å². The van der Waals surface area contributed by atoms with Crippen LogP contribution in [0.3, 0.4) is 0 Å². The first-order chi connectivity index (χ1) is 9.97. The summed E-state index contributed by atoms with van der Waals surface area (Å²) in [5, 5.41) is 11.9. The third-order valence-electron chi connectivity index (χ3n) is 4.35. The molecule has 1 amide bonds. The first kappa shape index (κ1) is 15.5. The minimum absolute atomic E-state index is 0.0208. The average Bonchev–Trinajstić information content (AvgIpc) is 2.93. The zero-order valence-electron chi connectivity index (χ0n) is 12.7. The fourth-order valence-corrected chi connectivity index (χ4v) is 3.00. The monoisotopic (exact) mass is 289 g/mol. The minimum atomic E-state index is -0.982. The third-order valence-corrected chi connectivity index (χ3v) is 4.35. The van der Waals surface area contributed by atoms with Crippen molar-refractivity contribution in [1.29, 1.82) is 0 Å². The summed E-state index contributed by atoms with van der Waals surface area (Å²) in [6.07, 6.45) is 5.93. The quantitative estimate of drug-likeness (QED) is 0.865. The number of amides is 1. The topological polar surface area (TPSA) is 66.4 Å². The summed E-state index contributed by atoms with van der Waals surface area (Å²) in [5.41, 5.74) is 1.67. The van der Waals surface area contributed by atoms with E-state index in [1.54, 1.807) is 12.1 Å². The Balaban J connectivity index is 2.01. The molecule has 2 N–H and O–H groups in total. The Morgan fingerprint density at radius 1 is 1.33 bits per heavy atom. The van der Waals surface area contributed by atoms with E-state index in [1.807, 2.05) is 13.8 Å². The predicted octanol–water partition coefficient (Wildman–Crippen LogP) is 3.85. The van der Waals surface area contributed by atoms with Gasteiger partial charge in [0, 0.05) is 11.6 Å². The van der Waals surface area contributed by atoms with Crippen LogP contribution >= 0.6 is 0 Å². The van der Waals surface area contributed by atoms with Crippen molar-refractivity contribution in [2.45, 2.75) is 46.0 Å². The van der Waals surface area contributed by atoms with Gasteiger partial charge in [0.2, 0.25) is 5.91 Å². The smallest absolute Gasteiger partial charge is 0.335 e. The van der Waals surface area contributed by atoms with E-state index >= 15 is 0 Å². The van der Waals surface area contributed by atoms with Crippen molar-refractivity contribution in [3.63, 3.8) is 0 Å². The molecule has 4 heteroatoms. The number of aromatic carboxylic acids is 1. The van der Waals surface area contributed by atoms with Crippen molar-refractivity contribution in [2.24, 2.45) is 11.8 Å². The molecule has 1 aliphatic rings. The molecule has 1 fully saturated rings. The van der Waals surface area contributed by atoms with Gasteiger partial charge in [0.15, 0.2) is 0 Å². The zero-order chi connectivity index (χ0) is 15.4. The second kappa shape index (κ2) is 6.74. The average molecular weight is 289 g/mol. The number of carboxylic acids is 1. The molecule has 1 saturated carbocycles. The molecule has 0 radical (unpaired) electrons. The summed E-state index contributed by atoms with van der Waals surface area (Å²) in [5.74, 6) is -0.379. The standard InChI is InChI=1S/C17H23NO3/c1-11-7-8-14(17(20)21)10-15(11)18-16(19)12(2)9-13-5-3-4-6-13/h7-8,10,12-13H,3-6,9H2,1-2H3,(H,18,19)(H,20,21). The van der Waals surface area contributed by atoms with E-state index < -0.39 is 5.97 Å². The summed E-state index contributed by atoms with van der Waals surface area (Å²) in [4.78, 5) is 23.3. The number of hydrogen-bond acceptors (Lipinski definition) is 2. The fraction of sp³-hybridized carbons (Fsp3) is 0.529. The highest BCUT2D eigenvalue weighted by molar-refractivity contribution is 5.95. The Hall–Kier alpha value is -1.84.